The Bertz CT molecular complexity index is 658. The smallest absolute Gasteiger partial charge is 0.223 e. The second kappa shape index (κ2) is 7.45. The Kier molecular flexibility index (Phi) is 5.81. The van der Waals surface area contributed by atoms with E-state index in [-0.39, 0.29) is 17.6 Å². The maximum Gasteiger partial charge on any atom is 0.223 e. The Morgan fingerprint density at radius 2 is 2.04 bits per heavy atom. The fourth-order valence-corrected chi connectivity index (χ4v) is 3.68. The number of sulfonamides is 1. The number of rotatable bonds is 8. The molecule has 23 heavy (non-hydrogen) atoms. The molecule has 1 aliphatic rings. The van der Waals surface area contributed by atoms with Gasteiger partial charge in [-0.05, 0) is 43.7 Å². The quantitative estimate of drug-likeness (QED) is 0.736. The summed E-state index contributed by atoms with van der Waals surface area (Å²) in [7, 11) is -1.55. The highest BCUT2D eigenvalue weighted by Crippen LogP contribution is 2.48. The standard InChI is InChI=1S/C17H26N2O3S/c1-4-23(21,22)19(3)11-7-10-18-17(20)16-12-15(16)14-9-6-5-8-13(14)2/h5-6,8-9,15-16H,4,7,10-12H2,1-3H3,(H,18,20)/t15-,16+/m0/s1. The van der Waals surface area contributed by atoms with Gasteiger partial charge in [0.15, 0.2) is 0 Å². The number of hydrogen-bond acceptors (Lipinski definition) is 3. The number of carbonyl (C=O) groups excluding carboxylic acids is 1. The summed E-state index contributed by atoms with van der Waals surface area (Å²) < 4.78 is 24.6. The van der Waals surface area contributed by atoms with E-state index in [1.165, 1.54) is 15.4 Å². The summed E-state index contributed by atoms with van der Waals surface area (Å²) in [5, 5.41) is 2.93. The molecule has 0 heterocycles. The van der Waals surface area contributed by atoms with E-state index in [4.69, 9.17) is 0 Å². The lowest BCUT2D eigenvalue weighted by Gasteiger charge is -2.15. The molecular formula is C17H26N2O3S. The number of aryl methyl sites for hydroxylation is 1. The molecule has 1 aliphatic carbocycles. The Balaban J connectivity index is 1.72. The zero-order valence-electron chi connectivity index (χ0n) is 14.1. The summed E-state index contributed by atoms with van der Waals surface area (Å²) in [6.07, 6.45) is 1.53. The predicted molar refractivity (Wildman–Crippen MR) is 91.7 cm³/mol. The molecule has 0 saturated heterocycles. The van der Waals surface area contributed by atoms with Gasteiger partial charge in [-0.3, -0.25) is 4.79 Å². The number of hydrogen-bond donors (Lipinski definition) is 1. The van der Waals surface area contributed by atoms with E-state index >= 15 is 0 Å². The number of amides is 1. The maximum absolute atomic E-state index is 12.2. The van der Waals surface area contributed by atoms with Crippen molar-refractivity contribution in [2.24, 2.45) is 5.92 Å². The van der Waals surface area contributed by atoms with Gasteiger partial charge in [-0.2, -0.15) is 0 Å². The molecular weight excluding hydrogens is 312 g/mol. The lowest BCUT2D eigenvalue weighted by Crippen LogP contribution is -2.33. The number of benzene rings is 1. The van der Waals surface area contributed by atoms with E-state index in [0.29, 0.717) is 25.4 Å². The minimum Gasteiger partial charge on any atom is -0.356 e. The molecule has 0 unspecified atom stereocenters. The summed E-state index contributed by atoms with van der Waals surface area (Å²) >= 11 is 0. The first-order chi connectivity index (χ1) is 10.9. The molecule has 1 aromatic rings. The van der Waals surface area contributed by atoms with Crippen LogP contribution in [-0.4, -0.2) is 44.5 Å². The molecule has 0 aromatic heterocycles. The molecule has 1 N–H and O–H groups in total. The number of carbonyl (C=O) groups is 1. The van der Waals surface area contributed by atoms with Crippen molar-refractivity contribution in [3.8, 4) is 0 Å². The van der Waals surface area contributed by atoms with Gasteiger partial charge in [0.2, 0.25) is 15.9 Å². The van der Waals surface area contributed by atoms with E-state index in [1.54, 1.807) is 14.0 Å². The fraction of sp³-hybridized carbons (Fsp3) is 0.588. The minimum atomic E-state index is -3.13. The van der Waals surface area contributed by atoms with Crippen LogP contribution < -0.4 is 5.32 Å². The molecule has 0 bridgehead atoms. The molecule has 128 valence electrons. The van der Waals surface area contributed by atoms with E-state index in [9.17, 15) is 13.2 Å². The van der Waals surface area contributed by atoms with E-state index < -0.39 is 10.0 Å². The van der Waals surface area contributed by atoms with E-state index in [1.807, 2.05) is 12.1 Å². The fourth-order valence-electron chi connectivity index (χ4n) is 2.84. The second-order valence-corrected chi connectivity index (χ2v) is 8.54. The molecule has 5 nitrogen and oxygen atoms in total. The molecule has 2 atom stereocenters. The van der Waals surface area contributed by atoms with Crippen LogP contribution in [0.5, 0.6) is 0 Å². The Morgan fingerprint density at radius 1 is 1.35 bits per heavy atom. The first kappa shape index (κ1) is 17.9. The molecule has 1 saturated carbocycles. The van der Waals surface area contributed by atoms with Crippen LogP contribution in [0.1, 0.15) is 36.8 Å². The van der Waals surface area contributed by atoms with Gasteiger partial charge in [0.05, 0.1) is 5.75 Å². The van der Waals surface area contributed by atoms with Gasteiger partial charge in [-0.15, -0.1) is 0 Å². The zero-order chi connectivity index (χ0) is 17.0. The van der Waals surface area contributed by atoms with Crippen molar-refractivity contribution in [2.75, 3.05) is 25.9 Å². The van der Waals surface area contributed by atoms with Crippen LogP contribution in [0.25, 0.3) is 0 Å². The van der Waals surface area contributed by atoms with Crippen LogP contribution in [0, 0.1) is 12.8 Å². The van der Waals surface area contributed by atoms with Gasteiger partial charge < -0.3 is 5.32 Å². The lowest BCUT2D eigenvalue weighted by molar-refractivity contribution is -0.122. The summed E-state index contributed by atoms with van der Waals surface area (Å²) in [6, 6.07) is 8.20. The first-order valence-corrected chi connectivity index (χ1v) is 9.75. The van der Waals surface area contributed by atoms with Gasteiger partial charge in [0.25, 0.3) is 0 Å². The van der Waals surface area contributed by atoms with Crippen LogP contribution in [0.2, 0.25) is 0 Å². The monoisotopic (exact) mass is 338 g/mol. The molecule has 0 radical (unpaired) electrons. The summed E-state index contributed by atoms with van der Waals surface area (Å²) in [5.74, 6) is 0.586. The summed E-state index contributed by atoms with van der Waals surface area (Å²) in [6.45, 7) is 4.65. The third-order valence-electron chi connectivity index (χ3n) is 4.50. The van der Waals surface area contributed by atoms with Gasteiger partial charge in [-0.25, -0.2) is 12.7 Å². The van der Waals surface area contributed by atoms with Crippen molar-refractivity contribution in [1.82, 2.24) is 9.62 Å². The summed E-state index contributed by atoms with van der Waals surface area (Å²) in [4.78, 5) is 12.2. The lowest BCUT2D eigenvalue weighted by atomic mass is 10.0. The highest BCUT2D eigenvalue weighted by molar-refractivity contribution is 7.89. The van der Waals surface area contributed by atoms with Crippen molar-refractivity contribution >= 4 is 15.9 Å². The SMILES string of the molecule is CCS(=O)(=O)N(C)CCCNC(=O)[C@@H]1C[C@H]1c1ccccc1C. The van der Waals surface area contributed by atoms with Crippen LogP contribution in [0.3, 0.4) is 0 Å². The molecule has 1 fully saturated rings. The van der Waals surface area contributed by atoms with Gasteiger partial charge >= 0.3 is 0 Å². The van der Waals surface area contributed by atoms with E-state index in [0.717, 1.165) is 6.42 Å². The predicted octanol–water partition coefficient (Wildman–Crippen LogP) is 1.89. The average molecular weight is 338 g/mol. The molecule has 2 rings (SSSR count). The third kappa shape index (κ3) is 4.54. The minimum absolute atomic E-state index is 0.0632. The number of nitrogens with one attached hydrogen (secondary N) is 1. The molecule has 0 aliphatic heterocycles. The van der Waals surface area contributed by atoms with Gasteiger partial charge in [0.1, 0.15) is 0 Å². The maximum atomic E-state index is 12.2. The van der Waals surface area contributed by atoms with Gasteiger partial charge in [-0.1, -0.05) is 24.3 Å². The van der Waals surface area contributed by atoms with Crippen LogP contribution in [0.15, 0.2) is 24.3 Å². The van der Waals surface area contributed by atoms with E-state index in [2.05, 4.69) is 24.4 Å². The molecule has 1 aromatic carbocycles. The molecule has 6 heteroatoms. The van der Waals surface area contributed by atoms with Crippen LogP contribution in [0.4, 0.5) is 0 Å². The highest BCUT2D eigenvalue weighted by atomic mass is 32.2. The number of nitrogens with zero attached hydrogens (tertiary/aromatic N) is 1. The normalized spacial score (nSPS) is 20.5. The largest absolute Gasteiger partial charge is 0.356 e. The summed E-state index contributed by atoms with van der Waals surface area (Å²) in [5.41, 5.74) is 2.50. The van der Waals surface area contributed by atoms with Crippen molar-refractivity contribution in [3.63, 3.8) is 0 Å². The van der Waals surface area contributed by atoms with Crippen molar-refractivity contribution in [2.45, 2.75) is 32.6 Å². The Hall–Kier alpha value is -1.40. The highest BCUT2D eigenvalue weighted by Gasteiger charge is 2.44. The Morgan fingerprint density at radius 3 is 2.70 bits per heavy atom. The van der Waals surface area contributed by atoms with Crippen molar-refractivity contribution in [1.29, 1.82) is 0 Å². The topological polar surface area (TPSA) is 66.5 Å². The molecule has 1 amide bonds. The zero-order valence-corrected chi connectivity index (χ0v) is 14.9. The second-order valence-electron chi connectivity index (χ2n) is 6.17. The van der Waals surface area contributed by atoms with Crippen LogP contribution in [-0.2, 0) is 14.8 Å². The third-order valence-corrected chi connectivity index (χ3v) is 6.37. The first-order valence-electron chi connectivity index (χ1n) is 8.14. The van der Waals surface area contributed by atoms with Crippen LogP contribution >= 0.6 is 0 Å². The van der Waals surface area contributed by atoms with Gasteiger partial charge in [0, 0.05) is 26.1 Å². The Labute approximate surface area is 139 Å². The average Bonchev–Trinajstić information content (AvgIpc) is 3.32. The molecule has 0 spiro atoms. The van der Waals surface area contributed by atoms with Crippen molar-refractivity contribution < 1.29 is 13.2 Å². The van der Waals surface area contributed by atoms with Crippen molar-refractivity contribution in [3.05, 3.63) is 35.4 Å².